The lowest BCUT2D eigenvalue weighted by Crippen LogP contribution is -2.14. The van der Waals surface area contributed by atoms with Crippen LogP contribution in [0.3, 0.4) is 0 Å². The monoisotopic (exact) mass is 374 g/mol. The minimum absolute atomic E-state index is 0.295. The first kappa shape index (κ1) is 17.2. The van der Waals surface area contributed by atoms with Crippen LogP contribution in [0.1, 0.15) is 10.4 Å². The minimum atomic E-state index is -0.307. The molecule has 4 nitrogen and oxygen atoms in total. The second kappa shape index (κ2) is 8.01. The zero-order valence-corrected chi connectivity index (χ0v) is 15.4. The molecule has 0 aliphatic carbocycles. The van der Waals surface area contributed by atoms with E-state index in [0.29, 0.717) is 18.7 Å². The standard InChI is InChI=1S/C22H18N2O2S/c25-22(16-7-2-1-3-8-16)26-14-13-23-19-11-5-4-9-17(19)18-10-6-12-20-21(18)24-15-27-20/h1-12,15,23H,13-14H2. The summed E-state index contributed by atoms with van der Waals surface area (Å²) in [5.74, 6) is -0.307. The van der Waals surface area contributed by atoms with E-state index in [2.05, 4.69) is 28.5 Å². The third-order valence-electron chi connectivity index (χ3n) is 4.24. The van der Waals surface area contributed by atoms with Crippen LogP contribution in [0.2, 0.25) is 0 Å². The Bertz CT molecular complexity index is 1060. The van der Waals surface area contributed by atoms with E-state index in [1.165, 1.54) is 4.70 Å². The lowest BCUT2D eigenvalue weighted by molar-refractivity contribution is 0.0520. The fourth-order valence-corrected chi connectivity index (χ4v) is 3.67. The van der Waals surface area contributed by atoms with Gasteiger partial charge in [-0.3, -0.25) is 0 Å². The highest BCUT2D eigenvalue weighted by Crippen LogP contribution is 2.34. The molecule has 0 unspecified atom stereocenters. The molecule has 0 fully saturated rings. The Hall–Kier alpha value is -3.18. The molecule has 0 spiro atoms. The third kappa shape index (κ3) is 3.83. The summed E-state index contributed by atoms with van der Waals surface area (Å²) >= 11 is 1.64. The van der Waals surface area contributed by atoms with Crippen LogP contribution in [-0.4, -0.2) is 24.1 Å². The van der Waals surface area contributed by atoms with Crippen LogP contribution in [0, 0.1) is 0 Å². The summed E-state index contributed by atoms with van der Waals surface area (Å²) in [5.41, 5.74) is 6.61. The average molecular weight is 374 g/mol. The Morgan fingerprint density at radius 3 is 2.59 bits per heavy atom. The van der Waals surface area contributed by atoms with Gasteiger partial charge in [0.2, 0.25) is 0 Å². The summed E-state index contributed by atoms with van der Waals surface area (Å²) in [5, 5.41) is 3.37. The zero-order chi connectivity index (χ0) is 18.5. The van der Waals surface area contributed by atoms with E-state index in [4.69, 9.17) is 4.74 Å². The summed E-state index contributed by atoms with van der Waals surface area (Å²) in [4.78, 5) is 16.5. The molecular weight excluding hydrogens is 356 g/mol. The summed E-state index contributed by atoms with van der Waals surface area (Å²) in [7, 11) is 0. The molecule has 27 heavy (non-hydrogen) atoms. The van der Waals surface area contributed by atoms with Crippen molar-refractivity contribution in [3.8, 4) is 11.1 Å². The van der Waals surface area contributed by atoms with Gasteiger partial charge in [-0.2, -0.15) is 0 Å². The van der Waals surface area contributed by atoms with Gasteiger partial charge < -0.3 is 10.1 Å². The first-order valence-corrected chi connectivity index (χ1v) is 9.58. The lowest BCUT2D eigenvalue weighted by atomic mass is 10.0. The van der Waals surface area contributed by atoms with E-state index in [0.717, 1.165) is 22.3 Å². The Morgan fingerprint density at radius 1 is 0.926 bits per heavy atom. The number of thiazole rings is 1. The molecule has 1 N–H and O–H groups in total. The summed E-state index contributed by atoms with van der Waals surface area (Å²) in [6, 6.07) is 23.3. The van der Waals surface area contributed by atoms with Gasteiger partial charge in [0.15, 0.2) is 0 Å². The fourth-order valence-electron chi connectivity index (χ4n) is 2.96. The largest absolute Gasteiger partial charge is 0.460 e. The number of rotatable bonds is 6. The van der Waals surface area contributed by atoms with Crippen LogP contribution in [0.25, 0.3) is 21.3 Å². The molecule has 0 amide bonds. The van der Waals surface area contributed by atoms with Crippen molar-refractivity contribution in [3.63, 3.8) is 0 Å². The number of esters is 1. The number of para-hydroxylation sites is 2. The Kier molecular flexibility index (Phi) is 5.12. The van der Waals surface area contributed by atoms with Crippen LogP contribution in [0.4, 0.5) is 5.69 Å². The van der Waals surface area contributed by atoms with Gasteiger partial charge in [-0.25, -0.2) is 9.78 Å². The van der Waals surface area contributed by atoms with Crippen LogP contribution < -0.4 is 5.32 Å². The second-order valence-corrected chi connectivity index (χ2v) is 6.87. The number of ether oxygens (including phenoxy) is 1. The maximum absolute atomic E-state index is 12.0. The predicted molar refractivity (Wildman–Crippen MR) is 110 cm³/mol. The molecule has 0 aliphatic rings. The van der Waals surface area contributed by atoms with Crippen LogP contribution in [0.15, 0.2) is 78.3 Å². The van der Waals surface area contributed by atoms with Crippen molar-refractivity contribution < 1.29 is 9.53 Å². The number of fused-ring (bicyclic) bond motifs is 1. The molecule has 0 bridgehead atoms. The van der Waals surface area contributed by atoms with Gasteiger partial charge in [-0.05, 0) is 24.3 Å². The molecule has 0 aliphatic heterocycles. The molecule has 4 rings (SSSR count). The molecule has 0 saturated heterocycles. The Labute approximate surface area is 161 Å². The smallest absolute Gasteiger partial charge is 0.338 e. The Balaban J connectivity index is 1.45. The van der Waals surface area contributed by atoms with Crippen molar-refractivity contribution in [1.29, 1.82) is 0 Å². The predicted octanol–water partition coefficient (Wildman–Crippen LogP) is 5.23. The number of carbonyl (C=O) groups is 1. The van der Waals surface area contributed by atoms with E-state index >= 15 is 0 Å². The van der Waals surface area contributed by atoms with Gasteiger partial charge in [0.1, 0.15) is 6.61 Å². The molecular formula is C22H18N2O2S. The van der Waals surface area contributed by atoms with E-state index in [1.807, 2.05) is 48.0 Å². The lowest BCUT2D eigenvalue weighted by Gasteiger charge is -2.13. The number of anilines is 1. The highest BCUT2D eigenvalue weighted by molar-refractivity contribution is 7.16. The summed E-state index contributed by atoms with van der Waals surface area (Å²) < 4.78 is 6.51. The molecule has 1 heterocycles. The maximum Gasteiger partial charge on any atom is 0.338 e. The first-order valence-electron chi connectivity index (χ1n) is 8.70. The van der Waals surface area contributed by atoms with Crippen molar-refractivity contribution in [2.24, 2.45) is 0 Å². The number of carbonyl (C=O) groups excluding carboxylic acids is 1. The highest BCUT2D eigenvalue weighted by atomic mass is 32.1. The van der Waals surface area contributed by atoms with Crippen molar-refractivity contribution in [1.82, 2.24) is 4.98 Å². The second-order valence-electron chi connectivity index (χ2n) is 5.98. The van der Waals surface area contributed by atoms with Gasteiger partial charge in [-0.1, -0.05) is 48.5 Å². The van der Waals surface area contributed by atoms with Crippen molar-refractivity contribution >= 4 is 33.2 Å². The number of hydrogen-bond acceptors (Lipinski definition) is 5. The van der Waals surface area contributed by atoms with E-state index in [-0.39, 0.29) is 5.97 Å². The van der Waals surface area contributed by atoms with E-state index in [1.54, 1.807) is 23.5 Å². The topological polar surface area (TPSA) is 51.2 Å². The number of aromatic nitrogens is 1. The molecule has 3 aromatic carbocycles. The van der Waals surface area contributed by atoms with Gasteiger partial charge >= 0.3 is 5.97 Å². The number of nitrogens with zero attached hydrogens (tertiary/aromatic N) is 1. The summed E-state index contributed by atoms with van der Waals surface area (Å²) in [6.07, 6.45) is 0. The van der Waals surface area contributed by atoms with Crippen molar-refractivity contribution in [2.45, 2.75) is 0 Å². The number of benzene rings is 3. The molecule has 134 valence electrons. The maximum atomic E-state index is 12.0. The third-order valence-corrected chi connectivity index (χ3v) is 5.03. The Morgan fingerprint density at radius 2 is 1.70 bits per heavy atom. The van der Waals surface area contributed by atoms with Gasteiger partial charge in [-0.15, -0.1) is 11.3 Å². The molecule has 0 atom stereocenters. The summed E-state index contributed by atoms with van der Waals surface area (Å²) in [6.45, 7) is 0.825. The molecule has 0 saturated carbocycles. The van der Waals surface area contributed by atoms with Crippen LogP contribution in [-0.2, 0) is 4.74 Å². The number of hydrogen-bond donors (Lipinski definition) is 1. The number of nitrogens with one attached hydrogen (secondary N) is 1. The highest BCUT2D eigenvalue weighted by Gasteiger charge is 2.10. The SMILES string of the molecule is O=C(OCCNc1ccccc1-c1cccc2scnc12)c1ccccc1. The molecule has 4 aromatic rings. The van der Waals surface area contributed by atoms with Gasteiger partial charge in [0.25, 0.3) is 0 Å². The fraction of sp³-hybridized carbons (Fsp3) is 0.0909. The molecule has 0 radical (unpaired) electrons. The van der Waals surface area contributed by atoms with Crippen molar-refractivity contribution in [3.05, 3.63) is 83.9 Å². The quantitative estimate of drug-likeness (QED) is 0.371. The van der Waals surface area contributed by atoms with Crippen LogP contribution in [0.5, 0.6) is 0 Å². The molecule has 5 heteroatoms. The average Bonchev–Trinajstić information content (AvgIpc) is 3.21. The van der Waals surface area contributed by atoms with Gasteiger partial charge in [0, 0.05) is 23.4 Å². The molecule has 1 aromatic heterocycles. The van der Waals surface area contributed by atoms with Crippen LogP contribution >= 0.6 is 11.3 Å². The normalized spacial score (nSPS) is 10.7. The van der Waals surface area contributed by atoms with Crippen molar-refractivity contribution in [2.75, 3.05) is 18.5 Å². The first-order chi connectivity index (χ1) is 13.3. The van der Waals surface area contributed by atoms with E-state index in [9.17, 15) is 4.79 Å². The van der Waals surface area contributed by atoms with E-state index < -0.39 is 0 Å². The zero-order valence-electron chi connectivity index (χ0n) is 14.6. The van der Waals surface area contributed by atoms with Gasteiger partial charge in [0.05, 0.1) is 21.3 Å². The minimum Gasteiger partial charge on any atom is -0.460 e.